The highest BCUT2D eigenvalue weighted by Gasteiger charge is 2.36. The van der Waals surface area contributed by atoms with Gasteiger partial charge in [0, 0.05) is 19.0 Å². The second kappa shape index (κ2) is 8.83. The minimum atomic E-state index is -0.495. The third-order valence-electron chi connectivity index (χ3n) is 5.22. The summed E-state index contributed by atoms with van der Waals surface area (Å²) in [6.07, 6.45) is 6.44. The molecule has 26 heavy (non-hydrogen) atoms. The van der Waals surface area contributed by atoms with E-state index >= 15 is 0 Å². The first-order valence-electron chi connectivity index (χ1n) is 9.54. The molecule has 140 valence electrons. The first kappa shape index (κ1) is 18.4. The van der Waals surface area contributed by atoms with Gasteiger partial charge >= 0.3 is 0 Å². The van der Waals surface area contributed by atoms with Crippen LogP contribution in [-0.4, -0.2) is 41.2 Å². The Bertz CT molecular complexity index is 641. The lowest BCUT2D eigenvalue weighted by atomic mass is 9.95. The molecule has 1 atom stereocenters. The molecule has 2 N–H and O–H groups in total. The zero-order chi connectivity index (χ0) is 18.4. The Hall–Kier alpha value is -2.37. The van der Waals surface area contributed by atoms with E-state index in [-0.39, 0.29) is 30.3 Å². The zero-order valence-corrected chi connectivity index (χ0v) is 15.1. The van der Waals surface area contributed by atoms with Crippen LogP contribution in [-0.2, 0) is 20.9 Å². The second-order valence-electron chi connectivity index (χ2n) is 7.18. The fourth-order valence-electron chi connectivity index (χ4n) is 3.80. The van der Waals surface area contributed by atoms with Crippen LogP contribution < -0.4 is 10.6 Å². The molecule has 1 saturated carbocycles. The molecule has 1 aliphatic heterocycles. The van der Waals surface area contributed by atoms with Gasteiger partial charge in [-0.15, -0.1) is 0 Å². The Kier molecular flexibility index (Phi) is 6.26. The fourth-order valence-corrected chi connectivity index (χ4v) is 3.80. The number of benzene rings is 1. The van der Waals surface area contributed by atoms with Crippen molar-refractivity contribution in [3.8, 4) is 0 Å². The van der Waals surface area contributed by atoms with E-state index in [9.17, 15) is 14.4 Å². The van der Waals surface area contributed by atoms with Gasteiger partial charge in [0.1, 0.15) is 6.04 Å². The van der Waals surface area contributed by atoms with E-state index in [1.807, 2.05) is 30.3 Å². The van der Waals surface area contributed by atoms with Crippen LogP contribution in [0.5, 0.6) is 0 Å². The van der Waals surface area contributed by atoms with Crippen molar-refractivity contribution in [2.75, 3.05) is 6.54 Å². The van der Waals surface area contributed by atoms with Gasteiger partial charge in [-0.05, 0) is 24.8 Å². The summed E-state index contributed by atoms with van der Waals surface area (Å²) in [5.41, 5.74) is 0.996. The van der Waals surface area contributed by atoms with Gasteiger partial charge in [-0.3, -0.25) is 14.4 Å². The number of nitrogens with one attached hydrogen (secondary N) is 2. The monoisotopic (exact) mass is 357 g/mol. The number of carbonyl (C=O) groups is 3. The Balaban J connectivity index is 1.49. The number of nitrogens with zero attached hydrogens (tertiary/aromatic N) is 1. The average Bonchev–Trinajstić information content (AvgIpc) is 3.02. The van der Waals surface area contributed by atoms with Crippen molar-refractivity contribution in [2.24, 2.45) is 0 Å². The van der Waals surface area contributed by atoms with Crippen molar-refractivity contribution in [3.05, 3.63) is 35.9 Å². The van der Waals surface area contributed by atoms with E-state index in [1.165, 1.54) is 6.42 Å². The van der Waals surface area contributed by atoms with E-state index in [4.69, 9.17) is 0 Å². The fraction of sp³-hybridized carbons (Fsp3) is 0.550. The molecule has 1 aromatic carbocycles. The van der Waals surface area contributed by atoms with Crippen LogP contribution in [0.15, 0.2) is 30.3 Å². The zero-order valence-electron chi connectivity index (χ0n) is 15.1. The van der Waals surface area contributed by atoms with Crippen molar-refractivity contribution in [3.63, 3.8) is 0 Å². The maximum absolute atomic E-state index is 12.5. The first-order chi connectivity index (χ1) is 12.6. The number of amides is 3. The lowest BCUT2D eigenvalue weighted by Crippen LogP contribution is -2.48. The number of rotatable bonds is 6. The Morgan fingerprint density at radius 1 is 1.04 bits per heavy atom. The Morgan fingerprint density at radius 2 is 1.77 bits per heavy atom. The standard InChI is InChI=1S/C20H27N3O3/c24-18(22-16-9-5-2-6-10-16)13-21-20(26)17-11-12-19(25)23(17)14-15-7-3-1-4-8-15/h1,3-4,7-8,16-17H,2,5-6,9-14H2,(H,21,26)(H,22,24). The van der Waals surface area contributed by atoms with E-state index in [0.29, 0.717) is 19.4 Å². The van der Waals surface area contributed by atoms with Crippen LogP contribution in [0, 0.1) is 0 Å². The minimum Gasteiger partial charge on any atom is -0.352 e. The van der Waals surface area contributed by atoms with Gasteiger partial charge < -0.3 is 15.5 Å². The summed E-state index contributed by atoms with van der Waals surface area (Å²) in [7, 11) is 0. The predicted octanol–water partition coefficient (Wildman–Crippen LogP) is 1.74. The molecule has 0 bridgehead atoms. The lowest BCUT2D eigenvalue weighted by Gasteiger charge is -2.25. The summed E-state index contributed by atoms with van der Waals surface area (Å²) in [6.45, 7) is 0.394. The number of hydrogen-bond donors (Lipinski definition) is 2. The largest absolute Gasteiger partial charge is 0.352 e. The molecule has 0 spiro atoms. The molecule has 1 aromatic rings. The molecule has 6 nitrogen and oxygen atoms in total. The minimum absolute atomic E-state index is 0.0133. The van der Waals surface area contributed by atoms with Gasteiger partial charge in [0.25, 0.3) is 0 Å². The molecule has 0 radical (unpaired) electrons. The van der Waals surface area contributed by atoms with Gasteiger partial charge in [-0.2, -0.15) is 0 Å². The SMILES string of the molecule is O=C(CNC(=O)C1CCC(=O)N1Cc1ccccc1)NC1CCCCC1. The quantitative estimate of drug-likeness (QED) is 0.814. The van der Waals surface area contributed by atoms with Gasteiger partial charge in [0.05, 0.1) is 6.54 Å². The summed E-state index contributed by atoms with van der Waals surface area (Å²) in [6, 6.07) is 9.38. The van der Waals surface area contributed by atoms with E-state index in [2.05, 4.69) is 10.6 Å². The summed E-state index contributed by atoms with van der Waals surface area (Å²) >= 11 is 0. The topological polar surface area (TPSA) is 78.5 Å². The van der Waals surface area contributed by atoms with Crippen LogP contribution in [0.2, 0.25) is 0 Å². The first-order valence-corrected chi connectivity index (χ1v) is 9.54. The molecule has 1 heterocycles. The molecule has 0 aromatic heterocycles. The number of carbonyl (C=O) groups excluding carboxylic acids is 3. The normalized spacial score (nSPS) is 20.8. The molecule has 2 fully saturated rings. The predicted molar refractivity (Wildman–Crippen MR) is 98.0 cm³/mol. The van der Waals surface area contributed by atoms with Crippen LogP contribution in [0.3, 0.4) is 0 Å². The highest BCUT2D eigenvalue weighted by atomic mass is 16.2. The number of hydrogen-bond acceptors (Lipinski definition) is 3. The van der Waals surface area contributed by atoms with Gasteiger partial charge in [-0.1, -0.05) is 49.6 Å². The maximum atomic E-state index is 12.5. The second-order valence-corrected chi connectivity index (χ2v) is 7.18. The van der Waals surface area contributed by atoms with Crippen LogP contribution >= 0.6 is 0 Å². The summed E-state index contributed by atoms with van der Waals surface area (Å²) in [4.78, 5) is 38.3. The van der Waals surface area contributed by atoms with E-state index in [1.54, 1.807) is 4.90 Å². The average molecular weight is 357 g/mol. The van der Waals surface area contributed by atoms with Gasteiger partial charge in [0.2, 0.25) is 17.7 Å². The van der Waals surface area contributed by atoms with Crippen molar-refractivity contribution < 1.29 is 14.4 Å². The molecule has 1 aliphatic carbocycles. The van der Waals surface area contributed by atoms with Crippen LogP contribution in [0.1, 0.15) is 50.5 Å². The molecule has 6 heteroatoms. The molecule has 1 unspecified atom stereocenters. The van der Waals surface area contributed by atoms with Crippen LogP contribution in [0.25, 0.3) is 0 Å². The molecular formula is C20H27N3O3. The highest BCUT2D eigenvalue weighted by Crippen LogP contribution is 2.21. The van der Waals surface area contributed by atoms with Crippen molar-refractivity contribution in [1.29, 1.82) is 0 Å². The van der Waals surface area contributed by atoms with Crippen molar-refractivity contribution in [2.45, 2.75) is 63.6 Å². The molecule has 3 amide bonds. The van der Waals surface area contributed by atoms with E-state index < -0.39 is 6.04 Å². The van der Waals surface area contributed by atoms with Crippen molar-refractivity contribution in [1.82, 2.24) is 15.5 Å². The molecule has 2 aliphatic rings. The highest BCUT2D eigenvalue weighted by molar-refractivity contribution is 5.92. The smallest absolute Gasteiger partial charge is 0.243 e. The summed E-state index contributed by atoms with van der Waals surface area (Å²) in [5, 5.41) is 5.70. The summed E-state index contributed by atoms with van der Waals surface area (Å²) in [5.74, 6) is -0.407. The van der Waals surface area contributed by atoms with E-state index in [0.717, 1.165) is 31.2 Å². The lowest BCUT2D eigenvalue weighted by molar-refractivity contribution is -0.136. The van der Waals surface area contributed by atoms with Gasteiger partial charge in [0.15, 0.2) is 0 Å². The third-order valence-corrected chi connectivity index (χ3v) is 5.22. The Morgan fingerprint density at radius 3 is 2.50 bits per heavy atom. The Labute approximate surface area is 154 Å². The molecular weight excluding hydrogens is 330 g/mol. The van der Waals surface area contributed by atoms with Crippen LogP contribution in [0.4, 0.5) is 0 Å². The molecule has 1 saturated heterocycles. The van der Waals surface area contributed by atoms with Gasteiger partial charge in [-0.25, -0.2) is 0 Å². The van der Waals surface area contributed by atoms with Crippen molar-refractivity contribution >= 4 is 17.7 Å². The maximum Gasteiger partial charge on any atom is 0.243 e. The summed E-state index contributed by atoms with van der Waals surface area (Å²) < 4.78 is 0. The number of likely N-dealkylation sites (tertiary alicyclic amines) is 1. The third kappa shape index (κ3) is 4.84. The molecule has 3 rings (SSSR count).